The van der Waals surface area contributed by atoms with E-state index in [9.17, 15) is 9.59 Å². The summed E-state index contributed by atoms with van der Waals surface area (Å²) in [6.07, 6.45) is 3.49. The number of nitrogens with one attached hydrogen (secondary N) is 2. The lowest BCUT2D eigenvalue weighted by Crippen LogP contribution is -2.32. The summed E-state index contributed by atoms with van der Waals surface area (Å²) in [5.41, 5.74) is 0.740. The molecular weight excluding hydrogens is 368 g/mol. The van der Waals surface area contributed by atoms with Crippen molar-refractivity contribution in [2.45, 2.75) is 6.04 Å². The van der Waals surface area contributed by atoms with E-state index in [0.29, 0.717) is 16.6 Å². The van der Waals surface area contributed by atoms with E-state index in [1.165, 1.54) is 0 Å². The number of benzene rings is 2. The SMILES string of the molecule is COc1ccc(C(NC(=O)c2cc3ccccc3c(=O)[nH]2)c2nccn2C)cc1. The second-order valence-electron chi connectivity index (χ2n) is 6.68. The molecule has 2 N–H and O–H groups in total. The predicted octanol–water partition coefficient (Wildman–Crippen LogP) is 2.79. The maximum absolute atomic E-state index is 13.0. The van der Waals surface area contributed by atoms with Gasteiger partial charge >= 0.3 is 0 Å². The molecule has 0 aliphatic rings. The maximum atomic E-state index is 13.0. The maximum Gasteiger partial charge on any atom is 0.268 e. The first-order valence-corrected chi connectivity index (χ1v) is 9.11. The highest BCUT2D eigenvalue weighted by Gasteiger charge is 2.22. The van der Waals surface area contributed by atoms with Crippen LogP contribution in [0.5, 0.6) is 5.75 Å². The number of H-pyrrole nitrogens is 1. The van der Waals surface area contributed by atoms with Crippen LogP contribution in [0.1, 0.15) is 27.9 Å². The zero-order valence-electron chi connectivity index (χ0n) is 16.0. The molecule has 0 aliphatic carbocycles. The van der Waals surface area contributed by atoms with Gasteiger partial charge in [-0.25, -0.2) is 4.98 Å². The number of fused-ring (bicyclic) bond motifs is 1. The molecule has 0 aliphatic heterocycles. The van der Waals surface area contributed by atoms with Crippen molar-refractivity contribution in [1.82, 2.24) is 19.9 Å². The van der Waals surface area contributed by atoms with E-state index in [1.807, 2.05) is 48.1 Å². The number of aryl methyl sites for hydroxylation is 1. The number of ether oxygens (including phenoxy) is 1. The first-order chi connectivity index (χ1) is 14.1. The van der Waals surface area contributed by atoms with Gasteiger partial charge in [-0.2, -0.15) is 0 Å². The molecule has 4 rings (SSSR count). The second-order valence-corrected chi connectivity index (χ2v) is 6.68. The first-order valence-electron chi connectivity index (χ1n) is 9.11. The lowest BCUT2D eigenvalue weighted by Gasteiger charge is -2.19. The number of amides is 1. The average molecular weight is 388 g/mol. The highest BCUT2D eigenvalue weighted by molar-refractivity contribution is 5.96. The minimum atomic E-state index is -0.497. The fourth-order valence-corrected chi connectivity index (χ4v) is 3.29. The van der Waals surface area contributed by atoms with Crippen LogP contribution in [0.25, 0.3) is 10.8 Å². The van der Waals surface area contributed by atoms with Crippen molar-refractivity contribution in [2.75, 3.05) is 7.11 Å². The number of methoxy groups -OCH3 is 1. The zero-order chi connectivity index (χ0) is 20.4. The van der Waals surface area contributed by atoms with Gasteiger partial charge in [0.05, 0.1) is 7.11 Å². The van der Waals surface area contributed by atoms with Crippen molar-refractivity contribution in [3.8, 4) is 5.75 Å². The minimum absolute atomic E-state index is 0.196. The first kappa shape index (κ1) is 18.5. The molecule has 29 heavy (non-hydrogen) atoms. The standard InChI is InChI=1S/C22H20N4O3/c1-26-12-11-23-20(26)19(14-7-9-16(29-2)10-8-14)25-22(28)18-13-15-5-3-4-6-17(15)21(27)24-18/h3-13,19H,1-2H3,(H,24,27)(H,25,28). The Hall–Kier alpha value is -3.87. The van der Waals surface area contributed by atoms with Gasteiger partial charge in [0.15, 0.2) is 0 Å². The van der Waals surface area contributed by atoms with Crippen molar-refractivity contribution < 1.29 is 9.53 Å². The van der Waals surface area contributed by atoms with Gasteiger partial charge in [0.1, 0.15) is 23.3 Å². The number of carbonyl (C=O) groups is 1. The van der Waals surface area contributed by atoms with Gasteiger partial charge in [-0.05, 0) is 35.2 Å². The minimum Gasteiger partial charge on any atom is -0.497 e. The molecule has 1 amide bonds. The van der Waals surface area contributed by atoms with Crippen molar-refractivity contribution in [1.29, 1.82) is 0 Å². The smallest absolute Gasteiger partial charge is 0.268 e. The van der Waals surface area contributed by atoms with Crippen LogP contribution >= 0.6 is 0 Å². The predicted molar refractivity (Wildman–Crippen MR) is 110 cm³/mol. The third-order valence-corrected chi connectivity index (χ3v) is 4.84. The van der Waals surface area contributed by atoms with E-state index in [1.54, 1.807) is 37.6 Å². The molecule has 1 atom stereocenters. The third-order valence-electron chi connectivity index (χ3n) is 4.84. The molecule has 0 radical (unpaired) electrons. The number of aromatic nitrogens is 3. The number of pyridine rings is 1. The van der Waals surface area contributed by atoms with E-state index in [0.717, 1.165) is 11.3 Å². The number of nitrogens with zero attached hydrogens (tertiary/aromatic N) is 2. The highest BCUT2D eigenvalue weighted by Crippen LogP contribution is 2.23. The van der Waals surface area contributed by atoms with Crippen LogP contribution in [0.2, 0.25) is 0 Å². The van der Waals surface area contributed by atoms with E-state index in [4.69, 9.17) is 4.74 Å². The zero-order valence-corrected chi connectivity index (χ0v) is 16.0. The molecule has 1 unspecified atom stereocenters. The topological polar surface area (TPSA) is 89.0 Å². The summed E-state index contributed by atoms with van der Waals surface area (Å²) in [6, 6.07) is 15.7. The number of carbonyl (C=O) groups excluding carboxylic acids is 1. The Morgan fingerprint density at radius 3 is 2.62 bits per heavy atom. The largest absolute Gasteiger partial charge is 0.497 e. The van der Waals surface area contributed by atoms with Gasteiger partial charge in [-0.3, -0.25) is 9.59 Å². The van der Waals surface area contributed by atoms with Crippen LogP contribution in [-0.2, 0) is 7.05 Å². The average Bonchev–Trinajstić information content (AvgIpc) is 3.17. The Kier molecular flexibility index (Phi) is 4.87. The molecule has 0 saturated heterocycles. The summed E-state index contributed by atoms with van der Waals surface area (Å²) in [6.45, 7) is 0. The van der Waals surface area contributed by atoms with Crippen molar-refractivity contribution in [3.63, 3.8) is 0 Å². The molecule has 2 aromatic heterocycles. The summed E-state index contributed by atoms with van der Waals surface area (Å²) in [7, 11) is 3.46. The molecule has 4 aromatic rings. The highest BCUT2D eigenvalue weighted by atomic mass is 16.5. The number of rotatable bonds is 5. The number of hydrogen-bond acceptors (Lipinski definition) is 4. The number of aromatic amines is 1. The van der Waals surface area contributed by atoms with Crippen LogP contribution in [0.15, 0.2) is 71.8 Å². The van der Waals surface area contributed by atoms with E-state index >= 15 is 0 Å². The van der Waals surface area contributed by atoms with Crippen LogP contribution in [0, 0.1) is 0 Å². The molecule has 146 valence electrons. The Bertz CT molecular complexity index is 1220. The van der Waals surface area contributed by atoms with Gasteiger partial charge in [0.2, 0.25) is 0 Å². The van der Waals surface area contributed by atoms with Gasteiger partial charge in [-0.15, -0.1) is 0 Å². The fourth-order valence-electron chi connectivity index (χ4n) is 3.29. The Morgan fingerprint density at radius 1 is 1.17 bits per heavy atom. The molecule has 0 spiro atoms. The number of imidazole rings is 1. The normalized spacial score (nSPS) is 11.9. The molecule has 2 aromatic carbocycles. The van der Waals surface area contributed by atoms with Crippen molar-refractivity contribution >= 4 is 16.7 Å². The van der Waals surface area contributed by atoms with Gasteiger partial charge in [0.25, 0.3) is 11.5 Å². The summed E-state index contributed by atoms with van der Waals surface area (Å²) in [5, 5.41) is 4.24. The molecule has 7 heteroatoms. The summed E-state index contributed by atoms with van der Waals surface area (Å²) in [5.74, 6) is 1.00. The quantitative estimate of drug-likeness (QED) is 0.550. The summed E-state index contributed by atoms with van der Waals surface area (Å²) >= 11 is 0. The molecule has 0 bridgehead atoms. The van der Waals surface area contributed by atoms with Crippen LogP contribution in [0.3, 0.4) is 0 Å². The lowest BCUT2D eigenvalue weighted by molar-refractivity contribution is 0.0936. The fraction of sp³-hybridized carbons (Fsp3) is 0.136. The Morgan fingerprint density at radius 2 is 1.93 bits per heavy atom. The molecule has 0 fully saturated rings. The van der Waals surface area contributed by atoms with Crippen LogP contribution in [-0.4, -0.2) is 27.6 Å². The van der Waals surface area contributed by atoms with Crippen LogP contribution in [0.4, 0.5) is 0 Å². The summed E-state index contributed by atoms with van der Waals surface area (Å²) < 4.78 is 7.07. The van der Waals surface area contributed by atoms with E-state index < -0.39 is 11.9 Å². The van der Waals surface area contributed by atoms with Crippen molar-refractivity contribution in [2.24, 2.45) is 7.05 Å². The van der Waals surface area contributed by atoms with Crippen molar-refractivity contribution in [3.05, 3.63) is 94.4 Å². The lowest BCUT2D eigenvalue weighted by atomic mass is 10.1. The molecule has 0 saturated carbocycles. The third kappa shape index (κ3) is 3.62. The summed E-state index contributed by atoms with van der Waals surface area (Å²) in [4.78, 5) is 32.4. The van der Waals surface area contributed by atoms with Crippen LogP contribution < -0.4 is 15.6 Å². The van der Waals surface area contributed by atoms with E-state index in [-0.39, 0.29) is 11.3 Å². The molecule has 2 heterocycles. The van der Waals surface area contributed by atoms with Gasteiger partial charge < -0.3 is 19.6 Å². The Balaban J connectivity index is 1.71. The number of hydrogen-bond donors (Lipinski definition) is 2. The monoisotopic (exact) mass is 388 g/mol. The Labute approximate surface area is 167 Å². The molecule has 7 nitrogen and oxygen atoms in total. The van der Waals surface area contributed by atoms with Gasteiger partial charge in [0, 0.05) is 24.8 Å². The molecular formula is C22H20N4O3. The van der Waals surface area contributed by atoms with Gasteiger partial charge in [-0.1, -0.05) is 30.3 Å². The second kappa shape index (κ2) is 7.63. The van der Waals surface area contributed by atoms with E-state index in [2.05, 4.69) is 15.3 Å².